The summed E-state index contributed by atoms with van der Waals surface area (Å²) in [5, 5.41) is 0. The van der Waals surface area contributed by atoms with Gasteiger partial charge < -0.3 is 20.1 Å². The lowest BCUT2D eigenvalue weighted by molar-refractivity contribution is -0.134. The van der Waals surface area contributed by atoms with E-state index >= 15 is 0 Å². The maximum Gasteiger partial charge on any atom is 0.222 e. The molecule has 1 saturated heterocycles. The second-order valence-electron chi connectivity index (χ2n) is 4.64. The lowest BCUT2D eigenvalue weighted by Crippen LogP contribution is -2.47. The molecule has 1 amide bonds. The van der Waals surface area contributed by atoms with Gasteiger partial charge >= 0.3 is 0 Å². The lowest BCUT2D eigenvalue weighted by Gasteiger charge is -2.30. The number of rotatable bonds is 5. The van der Waals surface area contributed by atoms with Crippen molar-refractivity contribution in [3.63, 3.8) is 0 Å². The summed E-state index contributed by atoms with van der Waals surface area (Å²) in [5.41, 5.74) is 5.86. The molecule has 2 rings (SSSR count). The van der Waals surface area contributed by atoms with Crippen molar-refractivity contribution >= 4 is 5.91 Å². The van der Waals surface area contributed by atoms with Crippen molar-refractivity contribution in [2.45, 2.75) is 18.9 Å². The van der Waals surface area contributed by atoms with Gasteiger partial charge in [-0.1, -0.05) is 12.1 Å². The van der Waals surface area contributed by atoms with Gasteiger partial charge in [-0.05, 0) is 18.6 Å². The monoisotopic (exact) mass is 264 g/mol. The van der Waals surface area contributed by atoms with E-state index in [1.165, 1.54) is 0 Å². The number of nitrogens with zero attached hydrogens (tertiary/aromatic N) is 1. The number of carbonyl (C=O) groups is 1. The number of piperidine rings is 1. The second-order valence-corrected chi connectivity index (χ2v) is 4.64. The van der Waals surface area contributed by atoms with Gasteiger partial charge in [-0.3, -0.25) is 4.79 Å². The molecule has 0 saturated carbocycles. The Hall–Kier alpha value is -1.75. The van der Waals surface area contributed by atoms with Crippen LogP contribution in [0.2, 0.25) is 0 Å². The minimum absolute atomic E-state index is 0.0870. The lowest BCUT2D eigenvalue weighted by atomic mass is 10.1. The molecule has 0 bridgehead atoms. The SMILES string of the molecule is COc1ccccc1OCCN1CC(N)CCC1=O. The molecule has 1 heterocycles. The van der Waals surface area contributed by atoms with Gasteiger partial charge in [0.15, 0.2) is 11.5 Å². The molecule has 1 aliphatic heterocycles. The Balaban J connectivity index is 1.84. The number of amides is 1. The van der Waals surface area contributed by atoms with Crippen LogP contribution in [-0.2, 0) is 4.79 Å². The molecule has 0 aliphatic carbocycles. The van der Waals surface area contributed by atoms with E-state index in [2.05, 4.69) is 0 Å². The topological polar surface area (TPSA) is 64.8 Å². The summed E-state index contributed by atoms with van der Waals surface area (Å²) in [7, 11) is 1.61. The maximum atomic E-state index is 11.7. The fourth-order valence-electron chi connectivity index (χ4n) is 2.16. The molecule has 0 radical (unpaired) electrons. The van der Waals surface area contributed by atoms with E-state index < -0.39 is 0 Å². The molecule has 1 fully saturated rings. The maximum absolute atomic E-state index is 11.7. The zero-order valence-electron chi connectivity index (χ0n) is 11.2. The fourth-order valence-corrected chi connectivity index (χ4v) is 2.16. The number of carbonyl (C=O) groups excluding carboxylic acids is 1. The molecule has 1 aromatic rings. The number of hydrogen-bond acceptors (Lipinski definition) is 4. The van der Waals surface area contributed by atoms with Gasteiger partial charge in [0.05, 0.1) is 13.7 Å². The van der Waals surface area contributed by atoms with Crippen molar-refractivity contribution in [1.82, 2.24) is 4.90 Å². The first kappa shape index (κ1) is 13.7. The van der Waals surface area contributed by atoms with E-state index in [1.807, 2.05) is 24.3 Å². The molecule has 1 aromatic carbocycles. The van der Waals surface area contributed by atoms with Crippen LogP contribution in [0.4, 0.5) is 0 Å². The standard InChI is InChI=1S/C14H20N2O3/c1-18-12-4-2-3-5-13(12)19-9-8-16-10-11(15)6-7-14(16)17/h2-5,11H,6-10,15H2,1H3. The normalized spacial score (nSPS) is 19.4. The summed E-state index contributed by atoms with van der Waals surface area (Å²) in [4.78, 5) is 13.5. The van der Waals surface area contributed by atoms with Gasteiger partial charge in [-0.2, -0.15) is 0 Å². The van der Waals surface area contributed by atoms with Gasteiger partial charge in [-0.15, -0.1) is 0 Å². The molecule has 104 valence electrons. The molecule has 0 spiro atoms. The number of likely N-dealkylation sites (tertiary alicyclic amines) is 1. The van der Waals surface area contributed by atoms with Crippen LogP contribution in [0.3, 0.4) is 0 Å². The van der Waals surface area contributed by atoms with Crippen LogP contribution in [0.1, 0.15) is 12.8 Å². The predicted octanol–water partition coefficient (Wildman–Crippen LogP) is 1.02. The van der Waals surface area contributed by atoms with Crippen LogP contribution in [0.5, 0.6) is 11.5 Å². The van der Waals surface area contributed by atoms with E-state index in [0.717, 1.165) is 6.42 Å². The molecule has 1 unspecified atom stereocenters. The Bertz CT molecular complexity index is 436. The Morgan fingerprint density at radius 1 is 1.37 bits per heavy atom. The van der Waals surface area contributed by atoms with E-state index in [-0.39, 0.29) is 11.9 Å². The largest absolute Gasteiger partial charge is 0.493 e. The molecule has 5 heteroatoms. The molecule has 2 N–H and O–H groups in total. The highest BCUT2D eigenvalue weighted by Gasteiger charge is 2.22. The van der Waals surface area contributed by atoms with Crippen LogP contribution < -0.4 is 15.2 Å². The van der Waals surface area contributed by atoms with Crippen molar-refractivity contribution in [3.05, 3.63) is 24.3 Å². The Labute approximate surface area is 113 Å². The predicted molar refractivity (Wildman–Crippen MR) is 72.3 cm³/mol. The smallest absolute Gasteiger partial charge is 0.222 e. The van der Waals surface area contributed by atoms with Gasteiger partial charge in [0.1, 0.15) is 6.61 Å². The van der Waals surface area contributed by atoms with Crippen LogP contribution >= 0.6 is 0 Å². The highest BCUT2D eigenvalue weighted by atomic mass is 16.5. The van der Waals surface area contributed by atoms with E-state index in [1.54, 1.807) is 12.0 Å². The number of methoxy groups -OCH3 is 1. The average molecular weight is 264 g/mol. The summed E-state index contributed by atoms with van der Waals surface area (Å²) < 4.78 is 10.9. The van der Waals surface area contributed by atoms with Gasteiger partial charge in [0.25, 0.3) is 0 Å². The van der Waals surface area contributed by atoms with E-state index in [9.17, 15) is 4.79 Å². The minimum atomic E-state index is 0.0870. The van der Waals surface area contributed by atoms with Crippen molar-refractivity contribution in [1.29, 1.82) is 0 Å². The van der Waals surface area contributed by atoms with Crippen LogP contribution in [0, 0.1) is 0 Å². The Morgan fingerprint density at radius 3 is 2.84 bits per heavy atom. The minimum Gasteiger partial charge on any atom is -0.493 e. The average Bonchev–Trinajstić information content (AvgIpc) is 2.43. The molecule has 1 atom stereocenters. The summed E-state index contributed by atoms with van der Waals surface area (Å²) in [6.07, 6.45) is 1.32. The fraction of sp³-hybridized carbons (Fsp3) is 0.500. The number of nitrogens with two attached hydrogens (primary N) is 1. The molecular weight excluding hydrogens is 244 g/mol. The molecular formula is C14H20N2O3. The first-order chi connectivity index (χ1) is 9.20. The van der Waals surface area contributed by atoms with Crippen molar-refractivity contribution in [3.8, 4) is 11.5 Å². The van der Waals surface area contributed by atoms with Crippen molar-refractivity contribution < 1.29 is 14.3 Å². The second kappa shape index (κ2) is 6.43. The third-order valence-electron chi connectivity index (χ3n) is 3.22. The first-order valence-corrected chi connectivity index (χ1v) is 6.50. The first-order valence-electron chi connectivity index (χ1n) is 6.50. The third-order valence-corrected chi connectivity index (χ3v) is 3.22. The highest BCUT2D eigenvalue weighted by molar-refractivity contribution is 5.77. The Morgan fingerprint density at radius 2 is 2.11 bits per heavy atom. The molecule has 5 nitrogen and oxygen atoms in total. The summed E-state index contributed by atoms with van der Waals surface area (Å²) in [6.45, 7) is 1.62. The van der Waals surface area contributed by atoms with Crippen LogP contribution in [0.15, 0.2) is 24.3 Å². The summed E-state index contributed by atoms with van der Waals surface area (Å²) >= 11 is 0. The van der Waals surface area contributed by atoms with E-state index in [4.69, 9.17) is 15.2 Å². The molecule has 1 aliphatic rings. The number of para-hydroxylation sites is 2. The zero-order valence-corrected chi connectivity index (χ0v) is 11.2. The quantitative estimate of drug-likeness (QED) is 0.862. The zero-order chi connectivity index (χ0) is 13.7. The van der Waals surface area contributed by atoms with E-state index in [0.29, 0.717) is 37.6 Å². The molecule has 19 heavy (non-hydrogen) atoms. The summed E-state index contributed by atoms with van der Waals surface area (Å²) in [5.74, 6) is 1.55. The van der Waals surface area contributed by atoms with Gasteiger partial charge in [0, 0.05) is 19.0 Å². The van der Waals surface area contributed by atoms with Crippen LogP contribution in [-0.4, -0.2) is 43.7 Å². The highest BCUT2D eigenvalue weighted by Crippen LogP contribution is 2.25. The number of benzene rings is 1. The third kappa shape index (κ3) is 3.61. The van der Waals surface area contributed by atoms with Gasteiger partial charge in [-0.25, -0.2) is 0 Å². The summed E-state index contributed by atoms with van der Waals surface area (Å²) in [6, 6.07) is 7.56. The van der Waals surface area contributed by atoms with Gasteiger partial charge in [0.2, 0.25) is 5.91 Å². The van der Waals surface area contributed by atoms with Crippen molar-refractivity contribution in [2.75, 3.05) is 26.8 Å². The van der Waals surface area contributed by atoms with Crippen molar-refractivity contribution in [2.24, 2.45) is 5.73 Å². The number of hydrogen-bond donors (Lipinski definition) is 1. The number of ether oxygens (including phenoxy) is 2. The van der Waals surface area contributed by atoms with Crippen LogP contribution in [0.25, 0.3) is 0 Å². The Kier molecular flexibility index (Phi) is 4.63. The molecule has 0 aromatic heterocycles.